The fourth-order valence-electron chi connectivity index (χ4n) is 1.52. The topological polar surface area (TPSA) is 29.1 Å². The van der Waals surface area contributed by atoms with Gasteiger partial charge >= 0.3 is 0 Å². The van der Waals surface area contributed by atoms with E-state index in [1.807, 2.05) is 18.7 Å². The Morgan fingerprint density at radius 1 is 1.64 bits per heavy atom. The largest absolute Gasteiger partial charge is 0.354 e. The molecule has 0 heterocycles. The summed E-state index contributed by atoms with van der Waals surface area (Å²) < 4.78 is 0.321. The first kappa shape index (κ1) is 12.2. The summed E-state index contributed by atoms with van der Waals surface area (Å²) >= 11 is 7.49. The summed E-state index contributed by atoms with van der Waals surface area (Å²) in [6.45, 7) is 2.66. The van der Waals surface area contributed by atoms with Gasteiger partial charge in [0.1, 0.15) is 0 Å². The lowest BCUT2D eigenvalue weighted by atomic mass is 9.84. The van der Waals surface area contributed by atoms with E-state index in [1.165, 1.54) is 19.3 Å². The molecule has 0 bridgehead atoms. The number of carbonyl (C=O) groups excluding carboxylic acids is 1. The van der Waals surface area contributed by atoms with E-state index in [1.54, 1.807) is 0 Å². The molecule has 1 saturated carbocycles. The molecule has 1 amide bonds. The van der Waals surface area contributed by atoms with E-state index in [4.69, 9.17) is 11.6 Å². The van der Waals surface area contributed by atoms with Crippen LogP contribution in [0.4, 0.5) is 0 Å². The van der Waals surface area contributed by atoms with E-state index < -0.39 is 0 Å². The summed E-state index contributed by atoms with van der Waals surface area (Å²) in [6.07, 6.45) is 5.87. The molecular formula is C10H18ClNOS. The van der Waals surface area contributed by atoms with Crippen molar-refractivity contribution in [1.82, 2.24) is 5.32 Å². The molecule has 1 atom stereocenters. The van der Waals surface area contributed by atoms with Crippen molar-refractivity contribution in [2.45, 2.75) is 30.9 Å². The van der Waals surface area contributed by atoms with Gasteiger partial charge in [0.2, 0.25) is 5.91 Å². The van der Waals surface area contributed by atoms with Crippen LogP contribution in [0, 0.1) is 5.92 Å². The molecule has 1 rings (SSSR count). The normalized spacial score (nSPS) is 21.1. The van der Waals surface area contributed by atoms with Gasteiger partial charge in [0.05, 0.1) is 0 Å². The number of thioether (sulfide) groups is 1. The van der Waals surface area contributed by atoms with Crippen LogP contribution in [0.15, 0.2) is 0 Å². The average molecular weight is 236 g/mol. The van der Waals surface area contributed by atoms with Crippen molar-refractivity contribution in [2.24, 2.45) is 5.92 Å². The number of hydrogen-bond donors (Lipinski definition) is 1. The molecule has 0 spiro atoms. The minimum atomic E-state index is -0.0735. The highest BCUT2D eigenvalue weighted by molar-refractivity contribution is 8.00. The second-order valence-corrected chi connectivity index (χ2v) is 5.60. The molecular weight excluding hydrogens is 218 g/mol. The summed E-state index contributed by atoms with van der Waals surface area (Å²) in [4.78, 5) is 11.5. The van der Waals surface area contributed by atoms with Crippen molar-refractivity contribution in [3.63, 3.8) is 0 Å². The van der Waals surface area contributed by atoms with Crippen molar-refractivity contribution in [3.05, 3.63) is 0 Å². The van der Waals surface area contributed by atoms with Crippen molar-refractivity contribution in [1.29, 1.82) is 0 Å². The quantitative estimate of drug-likeness (QED) is 0.741. The maximum atomic E-state index is 11.5. The number of amides is 1. The molecule has 0 aromatic heterocycles. The lowest BCUT2D eigenvalue weighted by Gasteiger charge is -2.40. The molecule has 1 unspecified atom stereocenters. The maximum Gasteiger partial charge on any atom is 0.224 e. The van der Waals surface area contributed by atoms with E-state index in [0.717, 1.165) is 6.54 Å². The molecule has 1 aliphatic rings. The van der Waals surface area contributed by atoms with E-state index in [9.17, 15) is 4.79 Å². The van der Waals surface area contributed by atoms with Crippen molar-refractivity contribution >= 4 is 29.3 Å². The Morgan fingerprint density at radius 3 is 2.64 bits per heavy atom. The van der Waals surface area contributed by atoms with Gasteiger partial charge in [0, 0.05) is 23.1 Å². The Kier molecular flexibility index (Phi) is 4.58. The van der Waals surface area contributed by atoms with Gasteiger partial charge in [-0.25, -0.2) is 0 Å². The molecule has 82 valence electrons. The molecule has 1 aliphatic carbocycles. The van der Waals surface area contributed by atoms with Gasteiger partial charge in [-0.15, -0.1) is 11.6 Å². The number of nitrogens with one attached hydrogen (secondary N) is 1. The molecule has 0 aromatic carbocycles. The van der Waals surface area contributed by atoms with Gasteiger partial charge in [0.15, 0.2) is 0 Å². The Balaban J connectivity index is 2.28. The van der Waals surface area contributed by atoms with E-state index in [-0.39, 0.29) is 11.8 Å². The third kappa shape index (κ3) is 2.80. The number of carbonyl (C=O) groups is 1. The average Bonchev–Trinajstić information content (AvgIpc) is 2.15. The minimum Gasteiger partial charge on any atom is -0.354 e. The zero-order valence-electron chi connectivity index (χ0n) is 8.81. The lowest BCUT2D eigenvalue weighted by Crippen LogP contribution is -2.46. The smallest absolute Gasteiger partial charge is 0.224 e. The van der Waals surface area contributed by atoms with Gasteiger partial charge in [-0.1, -0.05) is 13.3 Å². The standard InChI is InChI=1S/C10H18ClNOS/c1-8(6-11)9(13)12-7-10(14-2)4-3-5-10/h8H,3-7H2,1-2H3,(H,12,13). The van der Waals surface area contributed by atoms with Crippen molar-refractivity contribution < 1.29 is 4.79 Å². The number of halogens is 1. The van der Waals surface area contributed by atoms with E-state index in [2.05, 4.69) is 11.6 Å². The first-order valence-corrected chi connectivity index (χ1v) is 6.78. The van der Waals surface area contributed by atoms with Crippen LogP contribution in [0.1, 0.15) is 26.2 Å². The third-order valence-electron chi connectivity index (χ3n) is 2.96. The Bertz CT molecular complexity index is 201. The highest BCUT2D eigenvalue weighted by Crippen LogP contribution is 2.42. The van der Waals surface area contributed by atoms with Gasteiger partial charge in [-0.2, -0.15) is 11.8 Å². The molecule has 1 fully saturated rings. The summed E-state index contributed by atoms with van der Waals surface area (Å²) in [5.41, 5.74) is 0. The second kappa shape index (κ2) is 5.26. The fourth-order valence-corrected chi connectivity index (χ4v) is 2.57. The monoisotopic (exact) mass is 235 g/mol. The maximum absolute atomic E-state index is 11.5. The van der Waals surface area contributed by atoms with Crippen LogP contribution in [0.2, 0.25) is 0 Å². The van der Waals surface area contributed by atoms with Gasteiger partial charge in [-0.3, -0.25) is 4.79 Å². The molecule has 0 saturated heterocycles. The minimum absolute atomic E-state index is 0.0735. The van der Waals surface area contributed by atoms with Crippen molar-refractivity contribution in [2.75, 3.05) is 18.7 Å². The highest BCUT2D eigenvalue weighted by atomic mass is 35.5. The highest BCUT2D eigenvalue weighted by Gasteiger charge is 2.36. The molecule has 0 radical (unpaired) electrons. The molecule has 1 N–H and O–H groups in total. The van der Waals surface area contributed by atoms with Gasteiger partial charge in [-0.05, 0) is 19.1 Å². The Labute approximate surface area is 95.2 Å². The first-order valence-electron chi connectivity index (χ1n) is 5.02. The molecule has 14 heavy (non-hydrogen) atoms. The van der Waals surface area contributed by atoms with Crippen LogP contribution in [0.5, 0.6) is 0 Å². The number of rotatable bonds is 5. The van der Waals surface area contributed by atoms with Crippen LogP contribution >= 0.6 is 23.4 Å². The molecule has 2 nitrogen and oxygen atoms in total. The Morgan fingerprint density at radius 2 is 2.29 bits per heavy atom. The van der Waals surface area contributed by atoms with Crippen LogP contribution in [0.3, 0.4) is 0 Å². The van der Waals surface area contributed by atoms with Crippen LogP contribution < -0.4 is 5.32 Å². The predicted molar refractivity (Wildman–Crippen MR) is 63.0 cm³/mol. The van der Waals surface area contributed by atoms with Gasteiger partial charge < -0.3 is 5.32 Å². The molecule has 0 aliphatic heterocycles. The Hall–Kier alpha value is 0.110. The first-order chi connectivity index (χ1) is 6.63. The summed E-state index contributed by atoms with van der Waals surface area (Å²) in [5, 5.41) is 2.98. The number of alkyl halides is 1. The van der Waals surface area contributed by atoms with E-state index >= 15 is 0 Å². The molecule has 0 aromatic rings. The van der Waals surface area contributed by atoms with Crippen molar-refractivity contribution in [3.8, 4) is 0 Å². The fraction of sp³-hybridized carbons (Fsp3) is 0.900. The summed E-state index contributed by atoms with van der Waals surface area (Å²) in [7, 11) is 0. The summed E-state index contributed by atoms with van der Waals surface area (Å²) in [6, 6.07) is 0. The zero-order valence-corrected chi connectivity index (χ0v) is 10.4. The lowest BCUT2D eigenvalue weighted by molar-refractivity contribution is -0.124. The second-order valence-electron chi connectivity index (χ2n) is 4.01. The molecule has 4 heteroatoms. The SMILES string of the molecule is CSC1(CNC(=O)C(C)CCl)CCC1. The third-order valence-corrected chi connectivity index (χ3v) is 4.84. The van der Waals surface area contributed by atoms with E-state index in [0.29, 0.717) is 10.6 Å². The van der Waals surface area contributed by atoms with Crippen LogP contribution in [-0.2, 0) is 4.79 Å². The predicted octanol–water partition coefficient (Wildman–Crippen LogP) is 2.26. The summed E-state index contributed by atoms with van der Waals surface area (Å²) in [5.74, 6) is 0.411. The van der Waals surface area contributed by atoms with Crippen LogP contribution in [-0.4, -0.2) is 29.3 Å². The number of hydrogen-bond acceptors (Lipinski definition) is 2. The zero-order chi connectivity index (χ0) is 10.6. The van der Waals surface area contributed by atoms with Crippen LogP contribution in [0.25, 0.3) is 0 Å². The van der Waals surface area contributed by atoms with Gasteiger partial charge in [0.25, 0.3) is 0 Å².